The molecule has 0 amide bonds. The highest BCUT2D eigenvalue weighted by Gasteiger charge is 2.19. The molecule has 208 valence electrons. The maximum Gasteiger partial charge on any atom is 0.0866 e. The maximum absolute atomic E-state index is 8.64. The average Bonchev–Trinajstić information content (AvgIpc) is 3.61. The summed E-state index contributed by atoms with van der Waals surface area (Å²) in [4.78, 5) is 0. The molecule has 2 N–H and O–H groups in total. The van der Waals surface area contributed by atoms with Crippen molar-refractivity contribution in [3.05, 3.63) is 145 Å². The minimum absolute atomic E-state index is 0.223. The van der Waals surface area contributed by atoms with Crippen LogP contribution in [0.1, 0.15) is 5.56 Å². The van der Waals surface area contributed by atoms with Crippen molar-refractivity contribution < 1.29 is 0 Å². The van der Waals surface area contributed by atoms with E-state index in [1.54, 1.807) is 0 Å². The number of aromatic nitrogens is 1. The summed E-state index contributed by atoms with van der Waals surface area (Å²) in [7, 11) is 0. The monoisotopic (exact) mass is 581 g/mol. The second kappa shape index (κ2) is 9.80. The van der Waals surface area contributed by atoms with Gasteiger partial charge in [0, 0.05) is 42.7 Å². The third-order valence-corrected chi connectivity index (χ3v) is 10.0. The minimum atomic E-state index is -0.223. The lowest BCUT2D eigenvalue weighted by Gasteiger charge is -2.22. The molecular formula is C40H27N3S. The Morgan fingerprint density at radius 1 is 0.636 bits per heavy atom. The van der Waals surface area contributed by atoms with Gasteiger partial charge < -0.3 is 15.3 Å². The molecular weight excluding hydrogens is 555 g/mol. The number of hydrogen-bond acceptors (Lipinski definition) is 3. The molecule has 2 aromatic heterocycles. The van der Waals surface area contributed by atoms with E-state index in [-0.39, 0.29) is 6.04 Å². The van der Waals surface area contributed by atoms with Crippen molar-refractivity contribution in [3.8, 4) is 0 Å². The highest BCUT2D eigenvalue weighted by molar-refractivity contribution is 7.26. The smallest absolute Gasteiger partial charge is 0.0866 e. The normalized spacial score (nSPS) is 15.5. The molecule has 0 radical (unpaired) electrons. The van der Waals surface area contributed by atoms with E-state index in [0.29, 0.717) is 5.71 Å². The fourth-order valence-electron chi connectivity index (χ4n) is 6.87. The largest absolute Gasteiger partial charge is 0.372 e. The minimum Gasteiger partial charge on any atom is -0.372 e. The number of nitrogens with one attached hydrogen (secondary N) is 2. The van der Waals surface area contributed by atoms with Crippen molar-refractivity contribution in [1.82, 2.24) is 9.88 Å². The molecule has 0 saturated carbocycles. The molecule has 1 atom stereocenters. The summed E-state index contributed by atoms with van der Waals surface area (Å²) in [6.07, 6.45) is 10.1. The van der Waals surface area contributed by atoms with Gasteiger partial charge in [0.15, 0.2) is 0 Å². The number of hydrogen-bond donors (Lipinski definition) is 2. The van der Waals surface area contributed by atoms with Crippen molar-refractivity contribution in [3.63, 3.8) is 0 Å². The Morgan fingerprint density at radius 3 is 2.30 bits per heavy atom. The van der Waals surface area contributed by atoms with Crippen LogP contribution in [0.3, 0.4) is 0 Å². The Bertz CT molecular complexity index is 2550. The number of benzene rings is 6. The van der Waals surface area contributed by atoms with E-state index >= 15 is 0 Å². The Morgan fingerprint density at radius 2 is 1.39 bits per heavy atom. The van der Waals surface area contributed by atoms with Crippen LogP contribution in [-0.4, -0.2) is 16.3 Å². The number of thiophene rings is 1. The maximum atomic E-state index is 8.64. The van der Waals surface area contributed by atoms with Gasteiger partial charge in [-0.3, -0.25) is 0 Å². The number of fused-ring (bicyclic) bond motifs is 10. The van der Waals surface area contributed by atoms with Crippen molar-refractivity contribution in [2.24, 2.45) is 0 Å². The molecule has 3 nitrogen and oxygen atoms in total. The zero-order chi connectivity index (χ0) is 29.2. The van der Waals surface area contributed by atoms with Crippen LogP contribution in [0.4, 0.5) is 0 Å². The Kier molecular flexibility index (Phi) is 5.59. The van der Waals surface area contributed by atoms with Crippen molar-refractivity contribution >= 4 is 92.5 Å². The second-order valence-corrected chi connectivity index (χ2v) is 12.5. The summed E-state index contributed by atoms with van der Waals surface area (Å²) in [5.41, 5.74) is 4.93. The lowest BCUT2D eigenvalue weighted by Crippen LogP contribution is -2.33. The van der Waals surface area contributed by atoms with E-state index in [1.165, 1.54) is 52.5 Å². The van der Waals surface area contributed by atoms with Crippen LogP contribution in [0.15, 0.2) is 140 Å². The van der Waals surface area contributed by atoms with Gasteiger partial charge >= 0.3 is 0 Å². The van der Waals surface area contributed by atoms with E-state index in [1.807, 2.05) is 29.6 Å². The van der Waals surface area contributed by atoms with Crippen LogP contribution in [0.5, 0.6) is 0 Å². The van der Waals surface area contributed by atoms with Gasteiger partial charge in [-0.15, -0.1) is 11.3 Å². The van der Waals surface area contributed by atoms with Crippen molar-refractivity contribution in [2.45, 2.75) is 6.04 Å². The molecule has 44 heavy (non-hydrogen) atoms. The molecule has 2 heterocycles. The molecule has 8 aromatic rings. The fourth-order valence-corrected chi connectivity index (χ4v) is 8.00. The van der Waals surface area contributed by atoms with Crippen LogP contribution in [0.25, 0.3) is 75.4 Å². The summed E-state index contributed by atoms with van der Waals surface area (Å²) in [5, 5.41) is 22.5. The van der Waals surface area contributed by atoms with Crippen LogP contribution in [-0.2, 0) is 0 Å². The predicted molar refractivity (Wildman–Crippen MR) is 191 cm³/mol. The first kappa shape index (κ1) is 25.1. The molecule has 1 aliphatic rings. The highest BCUT2D eigenvalue weighted by Crippen LogP contribution is 2.43. The van der Waals surface area contributed by atoms with Crippen LogP contribution < -0.4 is 5.32 Å². The zero-order valence-electron chi connectivity index (χ0n) is 23.8. The number of rotatable bonds is 4. The standard InChI is InChI=1S/C40H27N3S/c41-32-16-5-6-17-33(32)42-34(27-15-9-11-25-10-1-2-12-26(25)27)24-43-35-18-7-3-13-30(35)39-28-21-23-38-40(29(28)20-22-36(39)43)31-14-4-8-19-37(31)44-38/h1-24,33,41-42H/b34-24+,41-32?. The summed E-state index contributed by atoms with van der Waals surface area (Å²) >= 11 is 1.86. The van der Waals surface area contributed by atoms with E-state index in [9.17, 15) is 0 Å². The first-order valence-electron chi connectivity index (χ1n) is 14.9. The van der Waals surface area contributed by atoms with Gasteiger partial charge in [0.1, 0.15) is 0 Å². The second-order valence-electron chi connectivity index (χ2n) is 11.4. The van der Waals surface area contributed by atoms with Crippen LogP contribution in [0.2, 0.25) is 0 Å². The van der Waals surface area contributed by atoms with E-state index < -0.39 is 0 Å². The van der Waals surface area contributed by atoms with E-state index in [2.05, 4.69) is 137 Å². The number of para-hydroxylation sites is 1. The van der Waals surface area contributed by atoms with Gasteiger partial charge in [-0.2, -0.15) is 0 Å². The molecule has 0 bridgehead atoms. The lowest BCUT2D eigenvalue weighted by atomic mass is 9.99. The number of nitrogens with zero attached hydrogens (tertiary/aromatic N) is 1. The summed E-state index contributed by atoms with van der Waals surface area (Å²) in [6, 6.07) is 41.4. The van der Waals surface area contributed by atoms with Gasteiger partial charge in [-0.1, -0.05) is 109 Å². The molecule has 0 fully saturated rings. The molecule has 1 unspecified atom stereocenters. The summed E-state index contributed by atoms with van der Waals surface area (Å²) in [5.74, 6) is 0. The molecule has 1 aliphatic carbocycles. The van der Waals surface area contributed by atoms with Crippen LogP contribution >= 0.6 is 11.3 Å². The summed E-state index contributed by atoms with van der Waals surface area (Å²) in [6.45, 7) is 0. The van der Waals surface area contributed by atoms with Crippen LogP contribution in [0, 0.1) is 5.41 Å². The Hall–Kier alpha value is -5.45. The van der Waals surface area contributed by atoms with Gasteiger partial charge in [0.25, 0.3) is 0 Å². The molecule has 6 aromatic carbocycles. The molecule has 0 spiro atoms. The first-order valence-corrected chi connectivity index (χ1v) is 15.7. The lowest BCUT2D eigenvalue weighted by molar-refractivity contribution is 0.891. The van der Waals surface area contributed by atoms with Crippen molar-refractivity contribution in [1.29, 1.82) is 5.41 Å². The Balaban J connectivity index is 1.35. The average molecular weight is 582 g/mol. The van der Waals surface area contributed by atoms with Gasteiger partial charge in [0.05, 0.1) is 28.5 Å². The third-order valence-electron chi connectivity index (χ3n) is 8.88. The SMILES string of the molecule is N=C1C=CC=CC1N/C(=C/n1c2ccccc2c2c3ccc4sc5ccccc5c4c3ccc21)c1cccc2ccccc12. The summed E-state index contributed by atoms with van der Waals surface area (Å²) < 4.78 is 4.97. The first-order chi connectivity index (χ1) is 21.7. The molecule has 4 heteroatoms. The van der Waals surface area contributed by atoms with Crippen molar-refractivity contribution in [2.75, 3.05) is 0 Å². The number of allylic oxidation sites excluding steroid dienone is 2. The third kappa shape index (κ3) is 3.78. The fraction of sp³-hybridized carbons (Fsp3) is 0.0250. The molecule has 0 saturated heterocycles. The van der Waals surface area contributed by atoms with Gasteiger partial charge in [0.2, 0.25) is 0 Å². The topological polar surface area (TPSA) is 40.8 Å². The van der Waals surface area contributed by atoms with Gasteiger partial charge in [-0.25, -0.2) is 0 Å². The Labute approximate surface area is 258 Å². The highest BCUT2D eigenvalue weighted by atomic mass is 32.1. The van der Waals surface area contributed by atoms with Gasteiger partial charge in [-0.05, 0) is 51.9 Å². The zero-order valence-corrected chi connectivity index (χ0v) is 24.6. The molecule has 0 aliphatic heterocycles. The van der Waals surface area contributed by atoms with E-state index in [4.69, 9.17) is 5.41 Å². The predicted octanol–water partition coefficient (Wildman–Crippen LogP) is 10.5. The quantitative estimate of drug-likeness (QED) is 0.213. The van der Waals surface area contributed by atoms with E-state index in [0.717, 1.165) is 22.3 Å². The molecule has 9 rings (SSSR count).